The van der Waals surface area contributed by atoms with E-state index < -0.39 is 5.97 Å². The van der Waals surface area contributed by atoms with Crippen molar-refractivity contribution < 1.29 is 9.53 Å². The monoisotopic (exact) mass is 391 g/mol. The van der Waals surface area contributed by atoms with Crippen molar-refractivity contribution in [2.75, 3.05) is 16.4 Å². The second-order valence-electron chi connectivity index (χ2n) is 6.80. The standard InChI is InChI=1S/C20H21N7O2/c1-12-4-2-3-5-15(12)24-20-26-17(25-19(21)27-20)11-29-18(28)13-6-9-16(22-10-13)23-14-7-8-14/h2-6,9-10,14H,7-8,11H2,1H3,(H,22,23)(H3,21,24,25,26,27). The Hall–Kier alpha value is -3.75. The molecule has 0 atom stereocenters. The number of anilines is 4. The first-order valence-corrected chi connectivity index (χ1v) is 9.29. The van der Waals surface area contributed by atoms with Gasteiger partial charge < -0.3 is 21.1 Å². The molecule has 4 rings (SSSR count). The molecular formula is C20H21N7O2. The molecule has 9 nitrogen and oxygen atoms in total. The number of aryl methyl sites for hydroxylation is 1. The van der Waals surface area contributed by atoms with Crippen LogP contribution in [0.2, 0.25) is 0 Å². The van der Waals surface area contributed by atoms with Gasteiger partial charge in [0.2, 0.25) is 11.9 Å². The quantitative estimate of drug-likeness (QED) is 0.521. The van der Waals surface area contributed by atoms with Crippen molar-refractivity contribution in [2.24, 2.45) is 0 Å². The van der Waals surface area contributed by atoms with Gasteiger partial charge in [0.1, 0.15) is 5.82 Å². The summed E-state index contributed by atoms with van der Waals surface area (Å²) in [5.74, 6) is 0.820. The summed E-state index contributed by atoms with van der Waals surface area (Å²) in [5.41, 5.74) is 8.01. The Labute approximate surface area is 167 Å². The van der Waals surface area contributed by atoms with Gasteiger partial charge in [-0.05, 0) is 43.5 Å². The largest absolute Gasteiger partial charge is 0.454 e. The van der Waals surface area contributed by atoms with Gasteiger partial charge in [-0.25, -0.2) is 9.78 Å². The third kappa shape index (κ3) is 4.95. The SMILES string of the molecule is Cc1ccccc1Nc1nc(N)nc(COC(=O)c2ccc(NC3CC3)nc2)n1. The average Bonchev–Trinajstić information content (AvgIpc) is 3.52. The molecule has 1 saturated carbocycles. The Balaban J connectivity index is 1.39. The highest BCUT2D eigenvalue weighted by Gasteiger charge is 2.21. The summed E-state index contributed by atoms with van der Waals surface area (Å²) < 4.78 is 5.30. The number of hydrogen-bond donors (Lipinski definition) is 3. The molecule has 0 saturated heterocycles. The fourth-order valence-electron chi connectivity index (χ4n) is 2.64. The van der Waals surface area contributed by atoms with Crippen molar-refractivity contribution in [1.82, 2.24) is 19.9 Å². The Morgan fingerprint density at radius 3 is 2.72 bits per heavy atom. The molecule has 148 valence electrons. The molecule has 1 fully saturated rings. The Morgan fingerprint density at radius 2 is 2.00 bits per heavy atom. The molecular weight excluding hydrogens is 370 g/mol. The van der Waals surface area contributed by atoms with Crippen molar-refractivity contribution in [1.29, 1.82) is 0 Å². The molecule has 2 aromatic heterocycles. The lowest BCUT2D eigenvalue weighted by Gasteiger charge is -2.10. The van der Waals surface area contributed by atoms with E-state index >= 15 is 0 Å². The van der Waals surface area contributed by atoms with Gasteiger partial charge in [0.25, 0.3) is 0 Å². The second-order valence-corrected chi connectivity index (χ2v) is 6.80. The summed E-state index contributed by atoms with van der Waals surface area (Å²) in [4.78, 5) is 28.9. The van der Waals surface area contributed by atoms with Crippen LogP contribution in [0, 0.1) is 6.92 Å². The summed E-state index contributed by atoms with van der Waals surface area (Å²) in [6.45, 7) is 1.84. The fourth-order valence-corrected chi connectivity index (χ4v) is 2.64. The lowest BCUT2D eigenvalue weighted by molar-refractivity contribution is 0.0461. The highest BCUT2D eigenvalue weighted by Crippen LogP contribution is 2.23. The van der Waals surface area contributed by atoms with E-state index in [2.05, 4.69) is 30.6 Å². The zero-order chi connectivity index (χ0) is 20.2. The van der Waals surface area contributed by atoms with Crippen LogP contribution in [-0.2, 0) is 11.3 Å². The number of nitrogens with two attached hydrogens (primary N) is 1. The van der Waals surface area contributed by atoms with Gasteiger partial charge in [0.15, 0.2) is 12.4 Å². The molecule has 2 heterocycles. The van der Waals surface area contributed by atoms with Crippen molar-refractivity contribution in [3.8, 4) is 0 Å². The van der Waals surface area contributed by atoms with E-state index in [1.807, 2.05) is 31.2 Å². The molecule has 0 bridgehead atoms. The molecule has 0 unspecified atom stereocenters. The Kier molecular flexibility index (Phi) is 5.19. The van der Waals surface area contributed by atoms with Crippen LogP contribution >= 0.6 is 0 Å². The minimum absolute atomic E-state index is 0.0410. The van der Waals surface area contributed by atoms with Gasteiger partial charge in [0, 0.05) is 17.9 Å². The number of pyridine rings is 1. The Bertz CT molecular complexity index is 1020. The summed E-state index contributed by atoms with van der Waals surface area (Å²) in [5, 5.41) is 6.37. The van der Waals surface area contributed by atoms with E-state index in [4.69, 9.17) is 10.5 Å². The number of nitrogens with one attached hydrogen (secondary N) is 2. The molecule has 1 aromatic carbocycles. The molecule has 0 spiro atoms. The Morgan fingerprint density at radius 1 is 1.17 bits per heavy atom. The minimum Gasteiger partial charge on any atom is -0.454 e. The van der Waals surface area contributed by atoms with E-state index in [9.17, 15) is 4.79 Å². The van der Waals surface area contributed by atoms with Crippen molar-refractivity contribution in [3.63, 3.8) is 0 Å². The van der Waals surface area contributed by atoms with Crippen LogP contribution in [0.5, 0.6) is 0 Å². The van der Waals surface area contributed by atoms with E-state index in [1.165, 1.54) is 6.20 Å². The van der Waals surface area contributed by atoms with Crippen molar-refractivity contribution in [3.05, 3.63) is 59.5 Å². The third-order valence-electron chi connectivity index (χ3n) is 4.35. The van der Waals surface area contributed by atoms with Gasteiger partial charge in [-0.3, -0.25) is 0 Å². The molecule has 3 aromatic rings. The normalized spacial score (nSPS) is 13.0. The number of benzene rings is 1. The number of carbonyl (C=O) groups is 1. The molecule has 9 heteroatoms. The topological polar surface area (TPSA) is 128 Å². The maximum atomic E-state index is 12.3. The molecule has 4 N–H and O–H groups in total. The van der Waals surface area contributed by atoms with Crippen molar-refractivity contribution >= 4 is 29.4 Å². The van der Waals surface area contributed by atoms with Crippen molar-refractivity contribution in [2.45, 2.75) is 32.4 Å². The van der Waals surface area contributed by atoms with Gasteiger partial charge >= 0.3 is 5.97 Å². The summed E-state index contributed by atoms with van der Waals surface area (Å²) in [6, 6.07) is 11.7. The van der Waals surface area contributed by atoms with E-state index in [1.54, 1.807) is 12.1 Å². The first kappa shape index (κ1) is 18.6. The van der Waals surface area contributed by atoms with E-state index in [0.717, 1.165) is 29.9 Å². The number of rotatable bonds is 7. The molecule has 29 heavy (non-hydrogen) atoms. The van der Waals surface area contributed by atoms with Gasteiger partial charge in [-0.15, -0.1) is 0 Å². The van der Waals surface area contributed by atoms with Crippen LogP contribution in [0.25, 0.3) is 0 Å². The maximum Gasteiger partial charge on any atom is 0.340 e. The highest BCUT2D eigenvalue weighted by atomic mass is 16.5. The number of carbonyl (C=O) groups excluding carboxylic acids is 1. The lowest BCUT2D eigenvalue weighted by Crippen LogP contribution is -2.12. The number of para-hydroxylation sites is 1. The number of hydrogen-bond acceptors (Lipinski definition) is 9. The second kappa shape index (κ2) is 8.09. The molecule has 1 aliphatic carbocycles. The number of aromatic nitrogens is 4. The summed E-state index contributed by atoms with van der Waals surface area (Å²) in [7, 11) is 0. The predicted molar refractivity (Wildman–Crippen MR) is 109 cm³/mol. The van der Waals surface area contributed by atoms with Crippen LogP contribution in [0.15, 0.2) is 42.6 Å². The van der Waals surface area contributed by atoms with Crippen LogP contribution in [0.4, 0.5) is 23.4 Å². The first-order chi connectivity index (χ1) is 14.1. The summed E-state index contributed by atoms with van der Waals surface area (Å²) in [6.07, 6.45) is 3.79. The average molecular weight is 391 g/mol. The number of ether oxygens (including phenoxy) is 1. The van der Waals surface area contributed by atoms with E-state index in [0.29, 0.717) is 11.6 Å². The molecule has 0 amide bonds. The van der Waals surface area contributed by atoms with Gasteiger partial charge in [0.05, 0.1) is 5.56 Å². The van der Waals surface area contributed by atoms with Crippen LogP contribution in [-0.4, -0.2) is 31.9 Å². The number of esters is 1. The molecule has 0 radical (unpaired) electrons. The zero-order valence-electron chi connectivity index (χ0n) is 15.9. The molecule has 0 aliphatic heterocycles. The van der Waals surface area contributed by atoms with Gasteiger partial charge in [-0.2, -0.15) is 15.0 Å². The maximum absolute atomic E-state index is 12.3. The summed E-state index contributed by atoms with van der Waals surface area (Å²) >= 11 is 0. The zero-order valence-corrected chi connectivity index (χ0v) is 15.9. The lowest BCUT2D eigenvalue weighted by atomic mass is 10.2. The van der Waals surface area contributed by atoms with Crippen LogP contribution in [0.3, 0.4) is 0 Å². The van der Waals surface area contributed by atoms with E-state index in [-0.39, 0.29) is 24.3 Å². The minimum atomic E-state index is -0.511. The highest BCUT2D eigenvalue weighted by molar-refractivity contribution is 5.89. The van der Waals surface area contributed by atoms with Gasteiger partial charge in [-0.1, -0.05) is 18.2 Å². The predicted octanol–water partition coefficient (Wildman–Crippen LogP) is 2.83. The fraction of sp³-hybridized carbons (Fsp3) is 0.250. The van der Waals surface area contributed by atoms with Crippen LogP contribution < -0.4 is 16.4 Å². The third-order valence-corrected chi connectivity index (χ3v) is 4.35. The number of nitrogens with zero attached hydrogens (tertiary/aromatic N) is 4. The first-order valence-electron chi connectivity index (χ1n) is 9.29. The smallest absolute Gasteiger partial charge is 0.340 e. The van der Waals surface area contributed by atoms with Crippen LogP contribution in [0.1, 0.15) is 34.6 Å². The molecule has 1 aliphatic rings. The number of nitrogen functional groups attached to an aromatic ring is 1.